The molecule has 3 heteroatoms. The van der Waals surface area contributed by atoms with Crippen LogP contribution in [0.25, 0.3) is 0 Å². The lowest BCUT2D eigenvalue weighted by atomic mass is 10.2. The molecule has 0 radical (unpaired) electrons. The number of hydrogen-bond acceptors (Lipinski definition) is 2. The number of rotatable bonds is 5. The highest BCUT2D eigenvalue weighted by molar-refractivity contribution is 5.86. The van der Waals surface area contributed by atoms with Crippen molar-refractivity contribution in [3.8, 4) is 12.3 Å². The van der Waals surface area contributed by atoms with Crippen LogP contribution in [0.2, 0.25) is 0 Å². The highest BCUT2D eigenvalue weighted by Crippen LogP contribution is 2.09. The van der Waals surface area contributed by atoms with Gasteiger partial charge in [-0.05, 0) is 24.6 Å². The third kappa shape index (κ3) is 4.04. The summed E-state index contributed by atoms with van der Waals surface area (Å²) in [6.07, 6.45) is 7.48. The molecule has 0 bridgehead atoms. The fourth-order valence-corrected chi connectivity index (χ4v) is 1.39. The van der Waals surface area contributed by atoms with Gasteiger partial charge < -0.3 is 10.4 Å². The SMILES string of the molecule is C#Cc1cccc(NC/C=C(/CC)C(=O)O)c1. The molecular weight excluding hydrogens is 214 g/mol. The van der Waals surface area contributed by atoms with Crippen LogP contribution in [0.1, 0.15) is 18.9 Å². The molecule has 17 heavy (non-hydrogen) atoms. The first-order valence-corrected chi connectivity index (χ1v) is 5.40. The Morgan fingerprint density at radius 3 is 2.94 bits per heavy atom. The van der Waals surface area contributed by atoms with Crippen LogP contribution in [0.3, 0.4) is 0 Å². The first kappa shape index (κ1) is 12.9. The van der Waals surface area contributed by atoms with Gasteiger partial charge in [0.25, 0.3) is 0 Å². The lowest BCUT2D eigenvalue weighted by molar-refractivity contribution is -0.132. The molecule has 1 aromatic carbocycles. The van der Waals surface area contributed by atoms with Crippen molar-refractivity contribution >= 4 is 11.7 Å². The van der Waals surface area contributed by atoms with E-state index in [1.54, 1.807) is 6.08 Å². The molecular formula is C14H15NO2. The Labute approximate surface area is 101 Å². The van der Waals surface area contributed by atoms with E-state index in [4.69, 9.17) is 11.5 Å². The summed E-state index contributed by atoms with van der Waals surface area (Å²) in [7, 11) is 0. The molecule has 0 spiro atoms. The number of carboxylic acids is 1. The fraction of sp³-hybridized carbons (Fsp3) is 0.214. The monoisotopic (exact) mass is 229 g/mol. The van der Waals surface area contributed by atoms with Crippen LogP contribution < -0.4 is 5.32 Å². The number of benzene rings is 1. The Kier molecular flexibility index (Phi) is 4.83. The molecule has 3 nitrogen and oxygen atoms in total. The van der Waals surface area contributed by atoms with Gasteiger partial charge in [0.15, 0.2) is 0 Å². The fourth-order valence-electron chi connectivity index (χ4n) is 1.39. The van der Waals surface area contributed by atoms with E-state index in [9.17, 15) is 4.79 Å². The molecule has 88 valence electrons. The second-order valence-corrected chi connectivity index (χ2v) is 3.49. The van der Waals surface area contributed by atoms with E-state index in [2.05, 4.69) is 11.2 Å². The van der Waals surface area contributed by atoms with Crippen LogP contribution in [-0.2, 0) is 4.79 Å². The Hall–Kier alpha value is -2.21. The largest absolute Gasteiger partial charge is 0.478 e. The molecule has 0 atom stereocenters. The highest BCUT2D eigenvalue weighted by atomic mass is 16.4. The third-order valence-corrected chi connectivity index (χ3v) is 2.34. The average molecular weight is 229 g/mol. The standard InChI is InChI=1S/C14H15NO2/c1-3-11-6-5-7-13(10-11)15-9-8-12(4-2)14(16)17/h1,5-8,10,15H,4,9H2,2H3,(H,16,17)/b12-8-. The molecule has 0 amide bonds. The van der Waals surface area contributed by atoms with Gasteiger partial charge in [-0.25, -0.2) is 4.79 Å². The lowest BCUT2D eigenvalue weighted by Crippen LogP contribution is -2.04. The summed E-state index contributed by atoms with van der Waals surface area (Å²) in [6.45, 7) is 2.29. The maximum Gasteiger partial charge on any atom is 0.331 e. The van der Waals surface area contributed by atoms with Crippen molar-refractivity contribution in [2.24, 2.45) is 0 Å². The minimum absolute atomic E-state index is 0.408. The van der Waals surface area contributed by atoms with Crippen molar-refractivity contribution in [1.82, 2.24) is 0 Å². The van der Waals surface area contributed by atoms with Crippen molar-refractivity contribution < 1.29 is 9.90 Å². The van der Waals surface area contributed by atoms with Gasteiger partial charge in [0.2, 0.25) is 0 Å². The van der Waals surface area contributed by atoms with Crippen LogP contribution in [0.4, 0.5) is 5.69 Å². The van der Waals surface area contributed by atoms with Crippen LogP contribution >= 0.6 is 0 Å². The summed E-state index contributed by atoms with van der Waals surface area (Å²) in [5.74, 6) is 1.68. The number of aliphatic carboxylic acids is 1. The van der Waals surface area contributed by atoms with Crippen LogP contribution in [0.5, 0.6) is 0 Å². The second kappa shape index (κ2) is 6.39. The van der Waals surface area contributed by atoms with E-state index in [-0.39, 0.29) is 0 Å². The smallest absolute Gasteiger partial charge is 0.331 e. The van der Waals surface area contributed by atoms with Crippen molar-refractivity contribution in [3.05, 3.63) is 41.5 Å². The molecule has 0 saturated heterocycles. The minimum Gasteiger partial charge on any atom is -0.478 e. The Morgan fingerprint density at radius 1 is 1.59 bits per heavy atom. The molecule has 1 aromatic rings. The van der Waals surface area contributed by atoms with Gasteiger partial charge in [0, 0.05) is 23.4 Å². The van der Waals surface area contributed by atoms with Gasteiger partial charge in [-0.1, -0.05) is 25.0 Å². The topological polar surface area (TPSA) is 49.3 Å². The highest BCUT2D eigenvalue weighted by Gasteiger charge is 2.02. The molecule has 0 heterocycles. The Balaban J connectivity index is 2.62. The molecule has 1 rings (SSSR count). The van der Waals surface area contributed by atoms with E-state index in [1.165, 1.54) is 0 Å². The third-order valence-electron chi connectivity index (χ3n) is 2.34. The number of carbonyl (C=O) groups is 1. The number of carboxylic acid groups (broad SMARTS) is 1. The molecule has 2 N–H and O–H groups in total. The maximum atomic E-state index is 10.8. The maximum absolute atomic E-state index is 10.8. The summed E-state index contributed by atoms with van der Waals surface area (Å²) in [6, 6.07) is 7.44. The number of hydrogen-bond donors (Lipinski definition) is 2. The first-order chi connectivity index (χ1) is 8.17. The van der Waals surface area contributed by atoms with E-state index in [0.717, 1.165) is 11.3 Å². The second-order valence-electron chi connectivity index (χ2n) is 3.49. The van der Waals surface area contributed by atoms with Crippen molar-refractivity contribution in [2.45, 2.75) is 13.3 Å². The summed E-state index contributed by atoms with van der Waals surface area (Å²) in [4.78, 5) is 10.8. The zero-order valence-electron chi connectivity index (χ0n) is 9.73. The zero-order chi connectivity index (χ0) is 12.7. The van der Waals surface area contributed by atoms with Gasteiger partial charge >= 0.3 is 5.97 Å². The van der Waals surface area contributed by atoms with Crippen molar-refractivity contribution in [2.75, 3.05) is 11.9 Å². The van der Waals surface area contributed by atoms with Gasteiger partial charge in [-0.15, -0.1) is 6.42 Å². The van der Waals surface area contributed by atoms with Crippen LogP contribution in [-0.4, -0.2) is 17.6 Å². The number of nitrogens with one attached hydrogen (secondary N) is 1. The average Bonchev–Trinajstić information content (AvgIpc) is 2.34. The molecule has 0 aliphatic carbocycles. The summed E-state index contributed by atoms with van der Waals surface area (Å²) in [5, 5.41) is 11.9. The van der Waals surface area contributed by atoms with E-state index in [1.807, 2.05) is 31.2 Å². The van der Waals surface area contributed by atoms with Crippen molar-refractivity contribution in [3.63, 3.8) is 0 Å². The van der Waals surface area contributed by atoms with Gasteiger partial charge in [0.1, 0.15) is 0 Å². The van der Waals surface area contributed by atoms with Crippen LogP contribution in [0.15, 0.2) is 35.9 Å². The first-order valence-electron chi connectivity index (χ1n) is 5.40. The van der Waals surface area contributed by atoms with Crippen LogP contribution in [0, 0.1) is 12.3 Å². The molecule has 0 aliphatic rings. The molecule has 0 fully saturated rings. The van der Waals surface area contributed by atoms with Gasteiger partial charge in [-0.3, -0.25) is 0 Å². The van der Waals surface area contributed by atoms with Crippen molar-refractivity contribution in [1.29, 1.82) is 0 Å². The number of terminal acetylenes is 1. The molecule has 0 aliphatic heterocycles. The summed E-state index contributed by atoms with van der Waals surface area (Å²) >= 11 is 0. The number of anilines is 1. The zero-order valence-corrected chi connectivity index (χ0v) is 9.73. The predicted octanol–water partition coefficient (Wildman–Crippen LogP) is 2.50. The van der Waals surface area contributed by atoms with E-state index in [0.29, 0.717) is 18.5 Å². The molecule has 0 unspecified atom stereocenters. The summed E-state index contributed by atoms with van der Waals surface area (Å²) < 4.78 is 0. The normalized spacial score (nSPS) is 10.7. The van der Waals surface area contributed by atoms with E-state index < -0.39 is 5.97 Å². The lowest BCUT2D eigenvalue weighted by Gasteiger charge is -2.04. The quantitative estimate of drug-likeness (QED) is 0.602. The Morgan fingerprint density at radius 2 is 2.35 bits per heavy atom. The summed E-state index contributed by atoms with van der Waals surface area (Å²) in [5.41, 5.74) is 2.09. The van der Waals surface area contributed by atoms with Gasteiger partial charge in [-0.2, -0.15) is 0 Å². The molecule has 0 aromatic heterocycles. The molecule has 0 saturated carbocycles. The Bertz CT molecular complexity index is 469. The minimum atomic E-state index is -0.869. The van der Waals surface area contributed by atoms with Gasteiger partial charge in [0.05, 0.1) is 0 Å². The van der Waals surface area contributed by atoms with E-state index >= 15 is 0 Å². The predicted molar refractivity (Wildman–Crippen MR) is 68.9 cm³/mol.